The predicted molar refractivity (Wildman–Crippen MR) is 108 cm³/mol. The van der Waals surface area contributed by atoms with Gasteiger partial charge in [0.05, 0.1) is 0 Å². The van der Waals surface area contributed by atoms with Crippen molar-refractivity contribution in [3.8, 4) is 11.8 Å². The summed E-state index contributed by atoms with van der Waals surface area (Å²) in [7, 11) is 0. The van der Waals surface area contributed by atoms with Crippen LogP contribution in [-0.2, 0) is 0 Å². The van der Waals surface area contributed by atoms with E-state index in [-0.39, 0.29) is 11.4 Å². The molecule has 0 heterocycles. The van der Waals surface area contributed by atoms with Gasteiger partial charge in [-0.15, -0.1) is 0 Å². The molecule has 2 N–H and O–H groups in total. The maximum absolute atomic E-state index is 13.2. The Bertz CT molecular complexity index is 949. The first-order valence-corrected chi connectivity index (χ1v) is 10.2. The molecular formula is C24H24F2N2O. The number of amides is 1. The van der Waals surface area contributed by atoms with Crippen LogP contribution in [0.3, 0.4) is 0 Å². The summed E-state index contributed by atoms with van der Waals surface area (Å²) in [6, 6.07) is 11.2. The molecule has 2 saturated carbocycles. The molecule has 2 fully saturated rings. The van der Waals surface area contributed by atoms with E-state index in [9.17, 15) is 13.6 Å². The van der Waals surface area contributed by atoms with Crippen LogP contribution in [0, 0.1) is 23.5 Å². The van der Waals surface area contributed by atoms with Crippen molar-refractivity contribution in [2.45, 2.75) is 50.1 Å². The Labute approximate surface area is 169 Å². The zero-order valence-electron chi connectivity index (χ0n) is 16.2. The van der Waals surface area contributed by atoms with Gasteiger partial charge in [0, 0.05) is 34.8 Å². The summed E-state index contributed by atoms with van der Waals surface area (Å²) < 4.78 is 26.2. The molecule has 29 heavy (non-hydrogen) atoms. The summed E-state index contributed by atoms with van der Waals surface area (Å²) in [6.07, 6.45) is 7.12. The summed E-state index contributed by atoms with van der Waals surface area (Å²) in [5, 5.41) is 6.83. The summed E-state index contributed by atoms with van der Waals surface area (Å²) in [5.74, 6) is 3.81. The van der Waals surface area contributed by atoms with Crippen LogP contribution in [-0.4, -0.2) is 24.0 Å². The third-order valence-corrected chi connectivity index (χ3v) is 5.65. The number of halogens is 2. The Balaban J connectivity index is 1.36. The predicted octanol–water partition coefficient (Wildman–Crippen LogP) is 4.16. The van der Waals surface area contributed by atoms with Crippen molar-refractivity contribution in [1.82, 2.24) is 10.6 Å². The molecule has 2 aliphatic rings. The lowest BCUT2D eigenvalue weighted by Crippen LogP contribution is -2.52. The van der Waals surface area contributed by atoms with Gasteiger partial charge in [0.25, 0.3) is 5.91 Å². The topological polar surface area (TPSA) is 41.1 Å². The average Bonchev–Trinajstić information content (AvgIpc) is 3.42. The molecule has 0 spiro atoms. The molecule has 0 atom stereocenters. The summed E-state index contributed by atoms with van der Waals surface area (Å²) >= 11 is 0. The van der Waals surface area contributed by atoms with Crippen LogP contribution in [0.5, 0.6) is 0 Å². The number of carbonyl (C=O) groups excluding carboxylic acids is 1. The molecule has 4 rings (SSSR count). The van der Waals surface area contributed by atoms with Gasteiger partial charge in [-0.1, -0.05) is 24.7 Å². The van der Waals surface area contributed by atoms with Crippen molar-refractivity contribution in [3.63, 3.8) is 0 Å². The van der Waals surface area contributed by atoms with E-state index < -0.39 is 11.6 Å². The van der Waals surface area contributed by atoms with Crippen molar-refractivity contribution < 1.29 is 13.6 Å². The van der Waals surface area contributed by atoms with E-state index >= 15 is 0 Å². The molecule has 0 aromatic heterocycles. The average molecular weight is 394 g/mol. The molecule has 1 amide bonds. The van der Waals surface area contributed by atoms with Gasteiger partial charge in [-0.3, -0.25) is 4.79 Å². The molecule has 0 radical (unpaired) electrons. The zero-order chi connectivity index (χ0) is 20.3. The van der Waals surface area contributed by atoms with E-state index in [2.05, 4.69) is 22.5 Å². The van der Waals surface area contributed by atoms with E-state index in [0.717, 1.165) is 25.0 Å². The second-order valence-corrected chi connectivity index (χ2v) is 8.04. The van der Waals surface area contributed by atoms with Crippen LogP contribution >= 0.6 is 0 Å². The fraction of sp³-hybridized carbons (Fsp3) is 0.375. The highest BCUT2D eigenvalue weighted by Gasteiger charge is 2.38. The first-order chi connectivity index (χ1) is 14.0. The molecule has 2 aromatic carbocycles. The normalized spacial score (nSPS) is 17.4. The van der Waals surface area contributed by atoms with Crippen LogP contribution in [0.4, 0.5) is 8.78 Å². The molecule has 0 bridgehead atoms. The standard InChI is InChI=1S/C24H24F2N2O/c25-21-12-7-18(15-22(21)26)4-3-17-5-8-19(9-6-17)23(29)27-16-24(13-1-2-14-24)28-20-10-11-20/h5-9,12,15,20,28H,1-2,10-11,13-14,16H2,(H,27,29). The Kier molecular flexibility index (Phi) is 5.64. The molecule has 3 nitrogen and oxygen atoms in total. The van der Waals surface area contributed by atoms with Gasteiger partial charge < -0.3 is 10.6 Å². The molecule has 5 heteroatoms. The lowest BCUT2D eigenvalue weighted by molar-refractivity contribution is 0.0938. The van der Waals surface area contributed by atoms with Crippen LogP contribution in [0.1, 0.15) is 60.0 Å². The first kappa shape index (κ1) is 19.6. The van der Waals surface area contributed by atoms with Crippen molar-refractivity contribution in [2.24, 2.45) is 0 Å². The molecule has 0 aliphatic heterocycles. The van der Waals surface area contributed by atoms with Crippen molar-refractivity contribution in [2.75, 3.05) is 6.54 Å². The molecule has 150 valence electrons. The van der Waals surface area contributed by atoms with Crippen molar-refractivity contribution in [1.29, 1.82) is 0 Å². The first-order valence-electron chi connectivity index (χ1n) is 10.2. The minimum absolute atomic E-state index is 0.0483. The van der Waals surface area contributed by atoms with Gasteiger partial charge in [-0.25, -0.2) is 8.78 Å². The molecule has 0 saturated heterocycles. The minimum Gasteiger partial charge on any atom is -0.350 e. The molecule has 2 aromatic rings. The quantitative estimate of drug-likeness (QED) is 0.748. The second kappa shape index (κ2) is 8.34. The van der Waals surface area contributed by atoms with Gasteiger partial charge in [-0.2, -0.15) is 0 Å². The highest BCUT2D eigenvalue weighted by atomic mass is 19.2. The highest BCUT2D eigenvalue weighted by Crippen LogP contribution is 2.33. The zero-order valence-corrected chi connectivity index (χ0v) is 16.2. The van der Waals surface area contributed by atoms with Gasteiger partial charge in [-0.05, 0) is 68.1 Å². The van der Waals surface area contributed by atoms with Crippen LogP contribution in [0.15, 0.2) is 42.5 Å². The molecule has 2 aliphatic carbocycles. The fourth-order valence-corrected chi connectivity index (χ4v) is 3.86. The van der Waals surface area contributed by atoms with Crippen molar-refractivity contribution in [3.05, 3.63) is 70.8 Å². The largest absolute Gasteiger partial charge is 0.350 e. The number of hydrogen-bond acceptors (Lipinski definition) is 2. The molecule has 0 unspecified atom stereocenters. The highest BCUT2D eigenvalue weighted by molar-refractivity contribution is 5.94. The second-order valence-electron chi connectivity index (χ2n) is 8.04. The maximum atomic E-state index is 13.2. The SMILES string of the molecule is O=C(NCC1(NC2CC2)CCCC1)c1ccc(C#Cc2ccc(F)c(F)c2)cc1. The van der Waals surface area contributed by atoms with Crippen LogP contribution in [0.2, 0.25) is 0 Å². The minimum atomic E-state index is -0.917. The fourth-order valence-electron chi connectivity index (χ4n) is 3.86. The van der Waals surface area contributed by atoms with Gasteiger partial charge in [0.15, 0.2) is 11.6 Å². The summed E-state index contributed by atoms with van der Waals surface area (Å²) in [5.41, 5.74) is 1.74. The van der Waals surface area contributed by atoms with E-state index in [0.29, 0.717) is 29.3 Å². The lowest BCUT2D eigenvalue weighted by atomic mass is 9.97. The smallest absolute Gasteiger partial charge is 0.251 e. The third-order valence-electron chi connectivity index (χ3n) is 5.65. The van der Waals surface area contributed by atoms with E-state index in [1.54, 1.807) is 24.3 Å². The summed E-state index contributed by atoms with van der Waals surface area (Å²) in [6.45, 7) is 0.653. The third kappa shape index (κ3) is 5.02. The van der Waals surface area contributed by atoms with Crippen molar-refractivity contribution >= 4 is 5.91 Å². The number of rotatable bonds is 5. The summed E-state index contributed by atoms with van der Waals surface area (Å²) in [4.78, 5) is 12.6. The van der Waals surface area contributed by atoms with Gasteiger partial charge in [0.1, 0.15) is 0 Å². The number of benzene rings is 2. The number of hydrogen-bond donors (Lipinski definition) is 2. The number of nitrogens with one attached hydrogen (secondary N) is 2. The van der Waals surface area contributed by atoms with E-state index in [1.165, 1.54) is 31.7 Å². The van der Waals surface area contributed by atoms with E-state index in [1.807, 2.05) is 0 Å². The lowest BCUT2D eigenvalue weighted by Gasteiger charge is -2.31. The Morgan fingerprint density at radius 1 is 0.966 bits per heavy atom. The monoisotopic (exact) mass is 394 g/mol. The van der Waals surface area contributed by atoms with Crippen LogP contribution < -0.4 is 10.6 Å². The Hall–Kier alpha value is -2.71. The maximum Gasteiger partial charge on any atom is 0.251 e. The number of carbonyl (C=O) groups is 1. The van der Waals surface area contributed by atoms with Gasteiger partial charge in [0.2, 0.25) is 0 Å². The van der Waals surface area contributed by atoms with Crippen LogP contribution in [0.25, 0.3) is 0 Å². The Morgan fingerprint density at radius 2 is 1.62 bits per heavy atom. The van der Waals surface area contributed by atoms with Gasteiger partial charge >= 0.3 is 0 Å². The van der Waals surface area contributed by atoms with E-state index in [4.69, 9.17) is 0 Å². The Morgan fingerprint density at radius 3 is 2.28 bits per heavy atom. The molecular weight excluding hydrogens is 370 g/mol.